The Balaban J connectivity index is 1.51. The van der Waals surface area contributed by atoms with Gasteiger partial charge in [0.1, 0.15) is 18.3 Å². The third-order valence-corrected chi connectivity index (χ3v) is 7.96. The smallest absolute Gasteiger partial charge is 0.330 e. The molecule has 0 radical (unpaired) electrons. The summed E-state index contributed by atoms with van der Waals surface area (Å²) in [6.45, 7) is 2.04. The van der Waals surface area contributed by atoms with Crippen LogP contribution in [0.1, 0.15) is 25.6 Å². The SMILES string of the molecule is CC(C)OP(=O)([O-])OP(=O)([O-])OC[C@H]1O[C@@H](n2ccc(=O)[nH]c2=O)[C@H]2OC(Cc3ccccc3)OC12. The molecule has 2 saturated heterocycles. The molecule has 3 heterocycles. The van der Waals surface area contributed by atoms with Crippen LogP contribution in [0.3, 0.4) is 0 Å². The van der Waals surface area contributed by atoms with Crippen molar-refractivity contribution in [3.8, 4) is 0 Å². The highest BCUT2D eigenvalue weighted by molar-refractivity contribution is 7.59. The van der Waals surface area contributed by atoms with Gasteiger partial charge in [-0.2, -0.15) is 0 Å². The number of ether oxygens (including phenoxy) is 3. The van der Waals surface area contributed by atoms with Crippen LogP contribution in [0.2, 0.25) is 0 Å². The van der Waals surface area contributed by atoms with Gasteiger partial charge in [-0.25, -0.2) is 9.11 Å². The van der Waals surface area contributed by atoms with Gasteiger partial charge < -0.3 is 33.0 Å². The number of hydrogen-bond acceptors (Lipinski definition) is 12. The largest absolute Gasteiger partial charge is 0.756 e. The highest BCUT2D eigenvalue weighted by atomic mass is 31.3. The molecule has 2 aliphatic heterocycles. The summed E-state index contributed by atoms with van der Waals surface area (Å²) in [6.07, 6.45) is -4.03. The first kappa shape index (κ1) is 27.1. The Hall–Kier alpha value is -1.96. The predicted octanol–water partition coefficient (Wildman–Crippen LogP) is 0.182. The highest BCUT2D eigenvalue weighted by Crippen LogP contribution is 2.56. The Labute approximate surface area is 204 Å². The first-order chi connectivity index (χ1) is 16.9. The molecule has 1 N–H and O–H groups in total. The zero-order valence-electron chi connectivity index (χ0n) is 19.2. The van der Waals surface area contributed by atoms with Gasteiger partial charge in [0.05, 0.1) is 12.7 Å². The summed E-state index contributed by atoms with van der Waals surface area (Å²) in [5, 5.41) is 0. The zero-order valence-corrected chi connectivity index (χ0v) is 20.9. The van der Waals surface area contributed by atoms with Crippen molar-refractivity contribution in [1.29, 1.82) is 0 Å². The normalized spacial score (nSPS) is 29.1. The Kier molecular flexibility index (Phi) is 8.13. The van der Waals surface area contributed by atoms with Crippen molar-refractivity contribution in [2.45, 2.75) is 57.2 Å². The second kappa shape index (κ2) is 10.8. The molecule has 4 unspecified atom stereocenters. The first-order valence-corrected chi connectivity index (χ1v) is 13.8. The maximum atomic E-state index is 12.4. The molecule has 0 spiro atoms. The van der Waals surface area contributed by atoms with Crippen LogP contribution < -0.4 is 21.0 Å². The van der Waals surface area contributed by atoms with Gasteiger partial charge >= 0.3 is 5.69 Å². The average molecular weight is 546 g/mol. The van der Waals surface area contributed by atoms with Gasteiger partial charge in [-0.1, -0.05) is 30.3 Å². The lowest BCUT2D eigenvalue weighted by Gasteiger charge is -2.32. The van der Waals surface area contributed by atoms with Crippen LogP contribution in [0.15, 0.2) is 52.2 Å². The number of phosphoric ester groups is 2. The summed E-state index contributed by atoms with van der Waals surface area (Å²) >= 11 is 0. The third kappa shape index (κ3) is 6.67. The van der Waals surface area contributed by atoms with Crippen LogP contribution in [-0.4, -0.2) is 46.9 Å². The Morgan fingerprint density at radius 2 is 1.72 bits per heavy atom. The molecule has 0 saturated carbocycles. The fourth-order valence-electron chi connectivity index (χ4n) is 3.88. The van der Waals surface area contributed by atoms with Gasteiger partial charge in [-0.15, -0.1) is 0 Å². The van der Waals surface area contributed by atoms with E-state index < -0.39 is 70.4 Å². The van der Waals surface area contributed by atoms with Gasteiger partial charge in [-0.05, 0) is 19.4 Å². The minimum atomic E-state index is -5.38. The van der Waals surface area contributed by atoms with Crippen LogP contribution in [0.4, 0.5) is 0 Å². The quantitative estimate of drug-likeness (QED) is 0.399. The van der Waals surface area contributed by atoms with Crippen molar-refractivity contribution in [2.24, 2.45) is 0 Å². The molecule has 2 fully saturated rings. The monoisotopic (exact) mass is 546 g/mol. The molecule has 16 heteroatoms. The van der Waals surface area contributed by atoms with Crippen LogP contribution in [0.25, 0.3) is 0 Å². The van der Waals surface area contributed by atoms with Crippen molar-refractivity contribution in [1.82, 2.24) is 9.55 Å². The van der Waals surface area contributed by atoms with Crippen LogP contribution in [0, 0.1) is 0 Å². The van der Waals surface area contributed by atoms with Crippen molar-refractivity contribution in [2.75, 3.05) is 6.61 Å². The number of benzene rings is 1. The molecule has 7 atom stereocenters. The van der Waals surface area contributed by atoms with Crippen LogP contribution in [-0.2, 0) is 43.1 Å². The fourth-order valence-corrected chi connectivity index (χ4v) is 6.04. The maximum Gasteiger partial charge on any atom is 0.330 e. The molecule has 36 heavy (non-hydrogen) atoms. The van der Waals surface area contributed by atoms with E-state index >= 15 is 0 Å². The van der Waals surface area contributed by atoms with Gasteiger partial charge in [0.2, 0.25) is 0 Å². The molecule has 198 valence electrons. The molecule has 14 nitrogen and oxygen atoms in total. The van der Waals surface area contributed by atoms with E-state index in [1.54, 1.807) is 0 Å². The number of nitrogens with zero attached hydrogens (tertiary/aromatic N) is 1. The number of H-pyrrole nitrogens is 1. The summed E-state index contributed by atoms with van der Waals surface area (Å²) in [6, 6.07) is 10.4. The van der Waals surface area contributed by atoms with Gasteiger partial charge in [0.25, 0.3) is 21.2 Å². The fraction of sp³-hybridized carbons (Fsp3) is 0.500. The molecular formula is C20H24N2O12P2-2. The Bertz CT molecular complexity index is 1270. The van der Waals surface area contributed by atoms with Crippen molar-refractivity contribution in [3.05, 3.63) is 69.0 Å². The van der Waals surface area contributed by atoms with Crippen molar-refractivity contribution >= 4 is 15.6 Å². The molecular weight excluding hydrogens is 522 g/mol. The van der Waals surface area contributed by atoms with Gasteiger partial charge in [-0.3, -0.25) is 23.5 Å². The number of aromatic amines is 1. The molecule has 0 amide bonds. The summed E-state index contributed by atoms with van der Waals surface area (Å²) < 4.78 is 56.0. The van der Waals surface area contributed by atoms with Crippen molar-refractivity contribution < 1.29 is 46.5 Å². The summed E-state index contributed by atoms with van der Waals surface area (Å²) in [5.41, 5.74) is -0.493. The van der Waals surface area contributed by atoms with Gasteiger partial charge in [0, 0.05) is 18.7 Å². The Morgan fingerprint density at radius 1 is 1.03 bits per heavy atom. The highest BCUT2D eigenvalue weighted by Gasteiger charge is 2.54. The van der Waals surface area contributed by atoms with Crippen LogP contribution in [0.5, 0.6) is 0 Å². The summed E-state index contributed by atoms with van der Waals surface area (Å²) in [4.78, 5) is 49.8. The third-order valence-electron chi connectivity index (χ3n) is 5.21. The van der Waals surface area contributed by atoms with Crippen LogP contribution >= 0.6 is 15.6 Å². The van der Waals surface area contributed by atoms with Gasteiger partial charge in [0.15, 0.2) is 12.5 Å². The lowest BCUT2D eigenvalue weighted by Crippen LogP contribution is -2.36. The molecule has 0 bridgehead atoms. The predicted molar refractivity (Wildman–Crippen MR) is 117 cm³/mol. The number of phosphoric acid groups is 2. The number of fused-ring (bicyclic) bond motifs is 1. The van der Waals surface area contributed by atoms with E-state index in [2.05, 4.69) is 13.8 Å². The lowest BCUT2D eigenvalue weighted by atomic mass is 10.1. The molecule has 1 aromatic carbocycles. The maximum absolute atomic E-state index is 12.4. The van der Waals surface area contributed by atoms with E-state index in [4.69, 9.17) is 18.7 Å². The molecule has 2 aliphatic rings. The molecule has 1 aromatic heterocycles. The van der Waals surface area contributed by atoms with E-state index in [9.17, 15) is 28.5 Å². The first-order valence-electron chi connectivity index (χ1n) is 10.9. The molecule has 0 aliphatic carbocycles. The number of aromatic nitrogens is 2. The zero-order chi connectivity index (χ0) is 26.1. The molecule has 2 aromatic rings. The van der Waals surface area contributed by atoms with E-state index in [1.165, 1.54) is 20.0 Å². The number of nitrogens with one attached hydrogen (secondary N) is 1. The molecule has 4 rings (SSSR count). The van der Waals surface area contributed by atoms with E-state index in [1.807, 2.05) is 30.3 Å². The van der Waals surface area contributed by atoms with E-state index in [0.29, 0.717) is 6.42 Å². The topological polar surface area (TPSA) is 190 Å². The lowest BCUT2D eigenvalue weighted by molar-refractivity contribution is -0.247. The van der Waals surface area contributed by atoms with Crippen molar-refractivity contribution in [3.63, 3.8) is 0 Å². The standard InChI is InChI=1S/C20H26N2O12P2/c1-12(2)33-36(27,28)34-35(25,26)29-11-14-17-18(19(30-14)22-9-8-15(23)21-20(22)24)32-16(31-17)10-13-6-4-3-5-7-13/h3-9,12,14,16-19H,10-11H2,1-2H3,(H,25,26)(H,27,28)(H,21,23,24)/p-2/t14-,16?,17?,18+,19-/m1/s1. The number of rotatable bonds is 10. The second-order valence-electron chi connectivity index (χ2n) is 8.33. The second-order valence-corrected chi connectivity index (χ2v) is 11.2. The number of hydrogen-bond donors (Lipinski definition) is 1. The summed E-state index contributed by atoms with van der Waals surface area (Å²) in [5.74, 6) is 0. The van der Waals surface area contributed by atoms with E-state index in [0.717, 1.165) is 16.2 Å². The minimum absolute atomic E-state index is 0.351. The van der Waals surface area contributed by atoms with E-state index in [-0.39, 0.29) is 0 Å². The Morgan fingerprint density at radius 3 is 2.39 bits per heavy atom. The summed E-state index contributed by atoms with van der Waals surface area (Å²) in [7, 11) is -10.6. The minimum Gasteiger partial charge on any atom is -0.756 e. The average Bonchev–Trinajstić information content (AvgIpc) is 3.30.